The molecule has 0 aliphatic heterocycles. The Morgan fingerprint density at radius 1 is 0.250 bits per heavy atom. The molecule has 0 heterocycles. The number of amides is 13. The van der Waals surface area contributed by atoms with Crippen molar-refractivity contribution in [1.29, 1.82) is 0 Å². The van der Waals surface area contributed by atoms with Crippen LogP contribution in [0.5, 0.6) is 0 Å². The fourth-order valence-electron chi connectivity index (χ4n) is 17.2. The van der Waals surface area contributed by atoms with Gasteiger partial charge in [0.15, 0.2) is 0 Å². The van der Waals surface area contributed by atoms with Gasteiger partial charge in [-0.05, 0) is 185 Å². The Hall–Kier alpha value is -8.53. The lowest BCUT2D eigenvalue weighted by molar-refractivity contribution is -0.133. The summed E-state index contributed by atoms with van der Waals surface area (Å²) < 4.78 is 0. The van der Waals surface area contributed by atoms with Crippen molar-refractivity contribution in [3.8, 4) is 0 Å². The lowest BCUT2D eigenvalue weighted by Gasteiger charge is -2.27. The van der Waals surface area contributed by atoms with Crippen LogP contribution in [0, 0.1) is 35.5 Å². The zero-order chi connectivity index (χ0) is 104. The predicted octanol–water partition coefficient (Wildman–Crippen LogP) is 18.3. The van der Waals surface area contributed by atoms with Gasteiger partial charge in [-0.3, -0.25) is 67.6 Å². The molecule has 140 heavy (non-hydrogen) atoms. The van der Waals surface area contributed by atoms with E-state index in [-0.39, 0.29) is 119 Å². The molecule has 28 heteroatoms. The van der Waals surface area contributed by atoms with Gasteiger partial charge in [-0.2, -0.15) is 0 Å². The van der Waals surface area contributed by atoms with E-state index in [1.165, 1.54) is 13.3 Å². The Morgan fingerprint density at radius 2 is 0.536 bits per heavy atom. The largest absolute Gasteiger partial charge is 0.378 e. The molecule has 0 radical (unpaired) electrons. The van der Waals surface area contributed by atoms with Gasteiger partial charge >= 0.3 is 0 Å². The van der Waals surface area contributed by atoms with Gasteiger partial charge in [-0.1, -0.05) is 312 Å². The van der Waals surface area contributed by atoms with Gasteiger partial charge in [0, 0.05) is 93.7 Å². The van der Waals surface area contributed by atoms with Gasteiger partial charge in [-0.25, -0.2) is 0 Å². The number of hydrogen-bond donors (Lipinski definition) is 15. The maximum absolute atomic E-state index is 14.2. The molecule has 0 aromatic heterocycles. The van der Waals surface area contributed by atoms with E-state index in [0.29, 0.717) is 129 Å². The highest BCUT2D eigenvalue weighted by Crippen LogP contribution is 2.25. The first-order valence-corrected chi connectivity index (χ1v) is 55.6. The van der Waals surface area contributed by atoms with Gasteiger partial charge in [-0.15, -0.1) is 0 Å². The van der Waals surface area contributed by atoms with E-state index in [9.17, 15) is 67.4 Å². The lowest BCUT2D eigenvalue weighted by atomic mass is 9.98. The maximum Gasteiger partial charge on any atom is 0.243 e. The number of carbonyl (C=O) groups excluding carboxylic acids is 13. The normalized spacial score (nSPS) is 14.5. The Labute approximate surface area is 847 Å². The van der Waals surface area contributed by atoms with E-state index >= 15 is 0 Å². The molecule has 0 fully saturated rings. The molecule has 2 aromatic rings. The summed E-state index contributed by atoms with van der Waals surface area (Å²) in [6.45, 7) is 36.4. The van der Waals surface area contributed by atoms with Crippen LogP contribution < -0.4 is 74.4 Å². The minimum atomic E-state index is -0.927. The summed E-state index contributed by atoms with van der Waals surface area (Å²) in [6, 6.07) is 13.9. The number of unbranched alkanes of at least 4 members (excludes halogenated alkanes) is 19. The molecule has 0 spiro atoms. The first-order valence-electron chi connectivity index (χ1n) is 55.6. The van der Waals surface area contributed by atoms with Crippen LogP contribution in [0.25, 0.3) is 0 Å². The molecule has 28 nitrogen and oxygen atoms in total. The van der Waals surface area contributed by atoms with Gasteiger partial charge < -0.3 is 74.2 Å². The fraction of sp³-hybridized carbons (Fsp3) is 0.777. The van der Waals surface area contributed by atoms with Crippen LogP contribution >= 0.6 is 0 Å². The second kappa shape index (κ2) is 82.9. The number of benzene rings is 2. The van der Waals surface area contributed by atoms with E-state index in [4.69, 9.17) is 0 Å². The van der Waals surface area contributed by atoms with Crippen molar-refractivity contribution in [3.05, 3.63) is 71.8 Å². The van der Waals surface area contributed by atoms with Crippen molar-refractivity contribution in [1.82, 2.24) is 74.4 Å². The number of aliphatic hydroxyl groups excluding tert-OH is 1. The second-order valence-electron chi connectivity index (χ2n) is 40.2. The highest BCUT2D eigenvalue weighted by Gasteiger charge is 2.33. The first kappa shape index (κ1) is 129. The highest BCUT2D eigenvalue weighted by atomic mass is 16.3. The van der Waals surface area contributed by atoms with Crippen molar-refractivity contribution in [2.75, 3.05) is 32.7 Å². The molecule has 15 atom stereocenters. The standard InChI is InChI=1S/C62H102N8O8.C50H98N6O6/c1-9-14-20-31-45(6)58(74)63-41-29-27-40-54(68-59(75)46(7)32-21-15-10-2)62(78)69-52(30-13-5)61(77)67-51(37-16-11-3)44-55(72)66-50(38-26-28-42-64-60(76)53(39-17-12-4)65-47(8)71)43-56(73)70-57(48-33-22-18-23-34-48)49-35-24-19-25-36-49;1-10-14-18-28-38(5)45(57)51-35-26-23-33-43(55-47(59)40(7)30-20-16-12-3)49(61)53-37-25-22-32-42(9)54-50(62)44(56-48(60)41(8)31-21-17-13-4)34-24-27-36-52-46(58)39(6)29-19-15-11-2/h18-19,22-25,33-36,45-46,50-54,57H,9-17,20-21,26-32,37-44H2,1-8H3,(H,63,74)(H,64,76)(H,65,71)(H,66,72)(H,67,77)(H,68,75)(H,69,78)(H,70,73);38-45,51,57H,10-37H2,1-9H3,(H,52,58)(H,53,61)(H,54,62)(H,55,59)(H,56,60)/t;38?,39?,40?,41?,42?,43?,44?,45-/m.1/s1. The van der Waals surface area contributed by atoms with Crippen LogP contribution in [0.2, 0.25) is 0 Å². The fourth-order valence-corrected chi connectivity index (χ4v) is 17.2. The molecule has 13 amide bonds. The molecule has 802 valence electrons. The molecule has 2 aromatic carbocycles. The topological polar surface area (TPSA) is 411 Å². The summed E-state index contributed by atoms with van der Waals surface area (Å²) in [7, 11) is 0. The van der Waals surface area contributed by atoms with Crippen LogP contribution in [0.4, 0.5) is 0 Å². The summed E-state index contributed by atoms with van der Waals surface area (Å²) in [5.74, 6) is -3.22. The minimum Gasteiger partial charge on any atom is -0.378 e. The Bertz CT molecular complexity index is 3620. The molecule has 0 saturated heterocycles. The average Bonchev–Trinajstić information content (AvgIpc) is 0.840. The SMILES string of the molecule is CCCCCC(C)C(=O)NCCCCC(NC(=O)C(C)CCCCC)C(=O)NC(C)CCCCNC(=O)C(CCCCN[C@H](O)C(C)CCCCC)NC(=O)C(C)CCCCC.CCCCCC(C)C(=O)NCCCCC(NC(=O)C(C)CCCCC)C(=O)NC(CCC)C(=O)NC(CCCC)CC(=O)NC(CCCCNC(=O)C(CCCC)NC(C)=O)CC(=O)NC(c1ccccc1)c1ccccc1. The minimum absolute atomic E-state index is 0.0108. The van der Waals surface area contributed by atoms with Crippen LogP contribution in [0.3, 0.4) is 0 Å². The van der Waals surface area contributed by atoms with Gasteiger partial charge in [0.1, 0.15) is 36.4 Å². The van der Waals surface area contributed by atoms with E-state index < -0.39 is 66.4 Å². The first-order chi connectivity index (χ1) is 67.3. The van der Waals surface area contributed by atoms with Crippen LogP contribution in [-0.2, 0) is 62.3 Å². The molecular weight excluding hydrogens is 1770 g/mol. The van der Waals surface area contributed by atoms with E-state index in [2.05, 4.69) is 123 Å². The summed E-state index contributed by atoms with van der Waals surface area (Å²) in [4.78, 5) is 173. The third-order valence-electron chi connectivity index (χ3n) is 26.7. The van der Waals surface area contributed by atoms with Crippen molar-refractivity contribution in [2.24, 2.45) is 35.5 Å². The van der Waals surface area contributed by atoms with Gasteiger partial charge in [0.25, 0.3) is 0 Å². The van der Waals surface area contributed by atoms with Crippen LogP contribution in [-0.4, -0.2) is 169 Å². The monoisotopic (exact) mass is 1970 g/mol. The molecule has 15 N–H and O–H groups in total. The maximum atomic E-state index is 14.2. The summed E-state index contributed by atoms with van der Waals surface area (Å²) in [5.41, 5.74) is 1.81. The average molecular weight is 1970 g/mol. The summed E-state index contributed by atoms with van der Waals surface area (Å²) >= 11 is 0. The molecule has 0 aliphatic rings. The second-order valence-corrected chi connectivity index (χ2v) is 40.2. The Kier molecular flexibility index (Phi) is 76.6. The molecule has 14 unspecified atom stereocenters. The number of aliphatic hydroxyl groups is 1. The Balaban J connectivity index is 0.00000144. The number of nitrogens with one attached hydrogen (secondary N) is 14. The molecule has 0 aliphatic carbocycles. The number of carbonyl (C=O) groups is 13. The van der Waals surface area contributed by atoms with Gasteiger partial charge in [0.2, 0.25) is 76.8 Å². The predicted molar refractivity (Wildman–Crippen MR) is 568 cm³/mol. The van der Waals surface area contributed by atoms with Crippen LogP contribution in [0.15, 0.2) is 60.7 Å². The third kappa shape index (κ3) is 62.8. The third-order valence-corrected chi connectivity index (χ3v) is 26.7. The molecule has 0 bridgehead atoms. The van der Waals surface area contributed by atoms with Crippen molar-refractivity contribution in [2.45, 2.75) is 493 Å². The zero-order valence-electron chi connectivity index (χ0n) is 90.4. The zero-order valence-corrected chi connectivity index (χ0v) is 90.4. The quantitative estimate of drug-likeness (QED) is 0.0216. The van der Waals surface area contributed by atoms with Crippen molar-refractivity contribution >= 4 is 76.8 Å². The number of rotatable bonds is 84. The number of hydrogen-bond acceptors (Lipinski definition) is 15. The molecular formula is C112H200N14O14. The smallest absolute Gasteiger partial charge is 0.243 e. The molecule has 0 saturated carbocycles. The van der Waals surface area contributed by atoms with E-state index in [0.717, 1.165) is 210 Å². The summed E-state index contributed by atoms with van der Waals surface area (Å²) in [5, 5.41) is 53.1. The van der Waals surface area contributed by atoms with Gasteiger partial charge in [0.05, 0.1) is 6.04 Å². The van der Waals surface area contributed by atoms with Crippen LogP contribution in [0.1, 0.15) is 449 Å². The van der Waals surface area contributed by atoms with Crippen molar-refractivity contribution < 1.29 is 67.4 Å². The van der Waals surface area contributed by atoms with Crippen molar-refractivity contribution in [3.63, 3.8) is 0 Å². The summed E-state index contributed by atoms with van der Waals surface area (Å²) in [6.07, 6.45) is 37.9. The van der Waals surface area contributed by atoms with E-state index in [1.807, 2.05) is 123 Å². The molecule has 2 rings (SSSR count). The van der Waals surface area contributed by atoms with E-state index in [1.54, 1.807) is 0 Å². The lowest BCUT2D eigenvalue weighted by Crippen LogP contribution is -2.55. The Morgan fingerprint density at radius 3 is 0.929 bits per heavy atom. The highest BCUT2D eigenvalue weighted by molar-refractivity contribution is 5.93.